The number of ether oxygens (including phenoxy) is 1. The van der Waals surface area contributed by atoms with Crippen molar-refractivity contribution in [3.8, 4) is 0 Å². The van der Waals surface area contributed by atoms with Crippen LogP contribution in [0.25, 0.3) is 0 Å². The summed E-state index contributed by atoms with van der Waals surface area (Å²) in [5.41, 5.74) is 0.245. The molecule has 0 radical (unpaired) electrons. The van der Waals surface area contributed by atoms with E-state index in [0.717, 1.165) is 30.1 Å². The van der Waals surface area contributed by atoms with Gasteiger partial charge >= 0.3 is 6.09 Å². The van der Waals surface area contributed by atoms with Gasteiger partial charge in [-0.05, 0) is 57.4 Å². The number of amides is 1. The molecule has 8 heteroatoms. The van der Waals surface area contributed by atoms with E-state index in [4.69, 9.17) is 4.74 Å². The number of carbonyl (C=O) groups excluding carboxylic acids is 1. The molecule has 0 aliphatic carbocycles. The Kier molecular flexibility index (Phi) is 5.50. The number of hydrogen-bond donors (Lipinski definition) is 1. The number of thiocarbonyl (C=S) groups is 1. The maximum Gasteiger partial charge on any atom is 0.407 e. The maximum absolute atomic E-state index is 11.9. The molecule has 1 unspecified atom stereocenters. The van der Waals surface area contributed by atoms with Crippen molar-refractivity contribution in [3.05, 3.63) is 6.20 Å². The Morgan fingerprint density at radius 2 is 2.41 bits per heavy atom. The number of isothiocyanates is 1. The molecule has 1 aromatic heterocycles. The van der Waals surface area contributed by atoms with Gasteiger partial charge in [-0.3, -0.25) is 0 Å². The smallest absolute Gasteiger partial charge is 0.407 e. The highest BCUT2D eigenvalue weighted by atomic mass is 32.1. The van der Waals surface area contributed by atoms with E-state index in [1.165, 1.54) is 11.5 Å². The lowest BCUT2D eigenvalue weighted by molar-refractivity contribution is 0.0500. The fraction of sp³-hybridized carbons (Fsp3) is 0.643. The Hall–Kier alpha value is -1.50. The highest BCUT2D eigenvalue weighted by Crippen LogP contribution is 2.34. The first-order valence-electron chi connectivity index (χ1n) is 7.16. The van der Waals surface area contributed by atoms with Crippen LogP contribution >= 0.6 is 23.8 Å². The van der Waals surface area contributed by atoms with Crippen molar-refractivity contribution in [1.29, 1.82) is 0 Å². The first-order valence-corrected chi connectivity index (χ1v) is 8.34. The van der Waals surface area contributed by atoms with E-state index < -0.39 is 5.60 Å². The van der Waals surface area contributed by atoms with Crippen LogP contribution in [0.3, 0.4) is 0 Å². The second-order valence-corrected chi connectivity index (χ2v) is 7.11. The van der Waals surface area contributed by atoms with Crippen molar-refractivity contribution >= 4 is 45.7 Å². The van der Waals surface area contributed by atoms with E-state index in [-0.39, 0.29) is 12.1 Å². The molecule has 1 aliphatic rings. The minimum Gasteiger partial charge on any atom is -0.444 e. The first kappa shape index (κ1) is 16.9. The Labute approximate surface area is 139 Å². The Balaban J connectivity index is 1.98. The Morgan fingerprint density at radius 1 is 1.64 bits per heavy atom. The minimum absolute atomic E-state index is 0.0509. The highest BCUT2D eigenvalue weighted by Gasteiger charge is 2.26. The predicted octanol–water partition coefficient (Wildman–Crippen LogP) is 3.37. The number of alkyl carbamates (subject to hydrolysis) is 1. The van der Waals surface area contributed by atoms with Crippen molar-refractivity contribution in [3.63, 3.8) is 0 Å². The van der Waals surface area contributed by atoms with E-state index >= 15 is 0 Å². The average molecular weight is 340 g/mol. The summed E-state index contributed by atoms with van der Waals surface area (Å²) in [7, 11) is 0. The molecule has 2 rings (SSSR count). The van der Waals surface area contributed by atoms with Crippen LogP contribution in [0.2, 0.25) is 0 Å². The van der Waals surface area contributed by atoms with Crippen LogP contribution in [0, 0.1) is 0 Å². The van der Waals surface area contributed by atoms with Crippen LogP contribution in [0.5, 0.6) is 0 Å². The molecule has 1 saturated heterocycles. The summed E-state index contributed by atoms with van der Waals surface area (Å²) >= 11 is 6.04. The van der Waals surface area contributed by atoms with Crippen molar-refractivity contribution < 1.29 is 9.53 Å². The zero-order valence-corrected chi connectivity index (χ0v) is 14.6. The molecule has 1 atom stereocenters. The lowest BCUT2D eigenvalue weighted by Gasteiger charge is -2.34. The highest BCUT2D eigenvalue weighted by molar-refractivity contribution is 7.78. The zero-order chi connectivity index (χ0) is 16.2. The number of carbonyl (C=O) groups is 1. The third kappa shape index (κ3) is 4.76. The second kappa shape index (κ2) is 7.17. The summed E-state index contributed by atoms with van der Waals surface area (Å²) in [6.07, 6.45) is 3.23. The molecule has 1 amide bonds. The number of hydrogen-bond acceptors (Lipinski definition) is 7. The topological polar surface area (TPSA) is 66.8 Å². The number of aliphatic imine (C=N–C) groups is 1. The monoisotopic (exact) mass is 340 g/mol. The molecule has 0 aromatic carbocycles. The number of aromatic nitrogens is 1. The van der Waals surface area contributed by atoms with Crippen LogP contribution in [0.15, 0.2) is 11.2 Å². The van der Waals surface area contributed by atoms with Crippen molar-refractivity contribution in [2.75, 3.05) is 18.0 Å². The third-order valence-electron chi connectivity index (χ3n) is 3.13. The average Bonchev–Trinajstić information content (AvgIpc) is 2.85. The molecule has 0 bridgehead atoms. The predicted molar refractivity (Wildman–Crippen MR) is 91.4 cm³/mol. The number of piperidine rings is 1. The number of rotatable bonds is 3. The van der Waals surface area contributed by atoms with E-state index in [1.54, 1.807) is 6.20 Å². The van der Waals surface area contributed by atoms with Gasteiger partial charge in [0.15, 0.2) is 0 Å². The zero-order valence-electron chi connectivity index (χ0n) is 13.0. The Morgan fingerprint density at radius 3 is 3.09 bits per heavy atom. The lowest BCUT2D eigenvalue weighted by atomic mass is 10.1. The molecule has 120 valence electrons. The molecule has 0 saturated carbocycles. The summed E-state index contributed by atoms with van der Waals surface area (Å²) < 4.78 is 9.47. The van der Waals surface area contributed by atoms with Gasteiger partial charge in [0.2, 0.25) is 0 Å². The van der Waals surface area contributed by atoms with Gasteiger partial charge in [-0.1, -0.05) is 0 Å². The third-order valence-corrected chi connectivity index (χ3v) is 4.07. The van der Waals surface area contributed by atoms with E-state index in [2.05, 4.69) is 37.0 Å². The van der Waals surface area contributed by atoms with Gasteiger partial charge in [-0.15, -0.1) is 0 Å². The summed E-state index contributed by atoms with van der Waals surface area (Å²) in [4.78, 5) is 18.1. The SMILES string of the molecule is CC(C)(C)OC(=O)NC1CCCN(c2sncc2N=C=S)C1. The van der Waals surface area contributed by atoms with Crippen molar-refractivity contribution in [2.45, 2.75) is 45.3 Å². The van der Waals surface area contributed by atoms with Gasteiger partial charge in [-0.2, -0.15) is 9.37 Å². The molecule has 1 aliphatic heterocycles. The summed E-state index contributed by atoms with van der Waals surface area (Å²) in [6.45, 7) is 7.18. The fourth-order valence-corrected chi connectivity index (χ4v) is 3.15. The molecular formula is C14H20N4O2S2. The quantitative estimate of drug-likeness (QED) is 0.675. The second-order valence-electron chi connectivity index (χ2n) is 6.15. The molecule has 1 N–H and O–H groups in total. The van der Waals surface area contributed by atoms with Crippen LogP contribution in [-0.2, 0) is 4.74 Å². The molecule has 6 nitrogen and oxygen atoms in total. The number of nitrogens with zero attached hydrogens (tertiary/aromatic N) is 3. The largest absolute Gasteiger partial charge is 0.444 e. The normalized spacial score (nSPS) is 18.5. The fourth-order valence-electron chi connectivity index (χ4n) is 2.33. The Bertz CT molecular complexity index is 576. The summed E-state index contributed by atoms with van der Waals surface area (Å²) in [6, 6.07) is 0.0509. The minimum atomic E-state index is -0.489. The summed E-state index contributed by atoms with van der Waals surface area (Å²) in [5.74, 6) is 0. The van der Waals surface area contributed by atoms with E-state index in [0.29, 0.717) is 6.54 Å². The summed E-state index contributed by atoms with van der Waals surface area (Å²) in [5, 5.41) is 6.28. The van der Waals surface area contributed by atoms with Crippen LogP contribution < -0.4 is 10.2 Å². The molecule has 0 spiro atoms. The van der Waals surface area contributed by atoms with Crippen LogP contribution in [0.1, 0.15) is 33.6 Å². The molecule has 2 heterocycles. The number of anilines is 1. The molecular weight excluding hydrogens is 320 g/mol. The standard InChI is InChI=1S/C14H20N4O2S2/c1-14(2,3)20-13(19)17-10-5-4-6-18(8-10)12-11(15-9-21)7-16-22-12/h7,10H,4-6,8H2,1-3H3,(H,17,19). The van der Waals surface area contributed by atoms with Gasteiger partial charge in [-0.25, -0.2) is 4.79 Å². The maximum atomic E-state index is 11.9. The number of nitrogens with one attached hydrogen (secondary N) is 1. The van der Waals surface area contributed by atoms with E-state index in [9.17, 15) is 4.79 Å². The first-order chi connectivity index (χ1) is 10.4. The molecule has 22 heavy (non-hydrogen) atoms. The van der Waals surface area contributed by atoms with Crippen molar-refractivity contribution in [1.82, 2.24) is 9.69 Å². The lowest BCUT2D eigenvalue weighted by Crippen LogP contribution is -2.48. The van der Waals surface area contributed by atoms with Gasteiger partial charge in [0.05, 0.1) is 11.4 Å². The van der Waals surface area contributed by atoms with Crippen LogP contribution in [0.4, 0.5) is 15.5 Å². The van der Waals surface area contributed by atoms with Gasteiger partial charge in [0, 0.05) is 19.1 Å². The van der Waals surface area contributed by atoms with Gasteiger partial charge in [0.1, 0.15) is 16.3 Å². The van der Waals surface area contributed by atoms with Crippen LogP contribution in [-0.4, -0.2) is 40.4 Å². The molecule has 1 aromatic rings. The van der Waals surface area contributed by atoms with Gasteiger partial charge < -0.3 is 15.0 Å². The van der Waals surface area contributed by atoms with E-state index in [1.807, 2.05) is 20.8 Å². The molecule has 1 fully saturated rings. The van der Waals surface area contributed by atoms with Gasteiger partial charge in [0.25, 0.3) is 0 Å². The van der Waals surface area contributed by atoms with Crippen molar-refractivity contribution in [2.24, 2.45) is 4.99 Å².